The summed E-state index contributed by atoms with van der Waals surface area (Å²) in [4.78, 5) is 22.7. The number of Topliss-reactive ketones (excluding diaryl/α,β-unsaturated/α-hetero) is 1. The summed E-state index contributed by atoms with van der Waals surface area (Å²) >= 11 is 0. The van der Waals surface area contributed by atoms with Gasteiger partial charge in [-0.05, 0) is 32.1 Å². The molecule has 0 aromatic rings. The summed E-state index contributed by atoms with van der Waals surface area (Å²) in [5.74, 6) is -0.895. The molecule has 0 aromatic carbocycles. The summed E-state index contributed by atoms with van der Waals surface area (Å²) in [6, 6.07) is 0. The van der Waals surface area contributed by atoms with E-state index in [1.165, 1.54) is 64.9 Å². The fourth-order valence-electron chi connectivity index (χ4n) is 2.91. The molecule has 0 bridgehead atoms. The summed E-state index contributed by atoms with van der Waals surface area (Å²) < 4.78 is 4.82. The van der Waals surface area contributed by atoms with Crippen molar-refractivity contribution in [2.45, 2.75) is 103 Å². The second-order valence-corrected chi connectivity index (χ2v) is 6.82. The van der Waals surface area contributed by atoms with Crippen LogP contribution in [0.15, 0.2) is 12.2 Å². The minimum absolute atomic E-state index is 0.201. The van der Waals surface area contributed by atoms with Crippen LogP contribution in [0.25, 0.3) is 0 Å². The molecule has 0 aromatic heterocycles. The average molecular weight is 354 g/mol. The third-order valence-electron chi connectivity index (χ3n) is 4.47. The molecule has 0 fully saturated rings. The Morgan fingerprint density at radius 1 is 0.840 bits per heavy atom. The summed E-state index contributed by atoms with van der Waals surface area (Å²) in [6.07, 6.45) is 19.8. The van der Waals surface area contributed by atoms with E-state index in [-0.39, 0.29) is 5.78 Å². The first-order valence-corrected chi connectivity index (χ1v) is 10.1. The van der Waals surface area contributed by atoms with Crippen LogP contribution in [-0.4, -0.2) is 24.9 Å². The van der Waals surface area contributed by atoms with Gasteiger partial charge in [-0.2, -0.15) is 0 Å². The number of unbranched alkanes of at least 4 members (excludes halogenated alkanes) is 11. The highest BCUT2D eigenvalue weighted by Gasteiger charge is 2.22. The van der Waals surface area contributed by atoms with E-state index in [1.54, 1.807) is 0 Å². The fraction of sp³-hybridized carbons (Fsp3) is 0.810. The van der Waals surface area contributed by atoms with Crippen molar-refractivity contribution in [1.82, 2.24) is 0 Å². The summed E-state index contributed by atoms with van der Waals surface area (Å²) in [7, 11) is 1.34. The molecule has 0 rings (SSSR count). The van der Waals surface area contributed by atoms with Crippen molar-refractivity contribution in [1.29, 1.82) is 0 Å². The molecule has 1 atom stereocenters. The molecule has 0 aliphatic carbocycles. The molecule has 0 saturated carbocycles. The molecule has 0 spiro atoms. The highest BCUT2D eigenvalue weighted by molar-refractivity contribution is 6.03. The Morgan fingerprint density at radius 3 is 1.80 bits per heavy atom. The second-order valence-electron chi connectivity index (χ2n) is 6.82. The van der Waals surface area contributed by atoms with Crippen molar-refractivity contribution < 1.29 is 14.3 Å². The number of hydrogen-bond donors (Lipinski definition) is 1. The van der Waals surface area contributed by atoms with Gasteiger partial charge in [-0.3, -0.25) is 9.59 Å². The van der Waals surface area contributed by atoms with Gasteiger partial charge in [-0.15, -0.1) is 0 Å². The molecular formula is C21H39NO3. The van der Waals surface area contributed by atoms with Gasteiger partial charge >= 0.3 is 0 Å². The summed E-state index contributed by atoms with van der Waals surface area (Å²) in [6.45, 7) is 2.25. The number of ketones is 1. The molecule has 25 heavy (non-hydrogen) atoms. The van der Waals surface area contributed by atoms with Crippen LogP contribution in [0.3, 0.4) is 0 Å². The second kappa shape index (κ2) is 17.7. The monoisotopic (exact) mass is 353 g/mol. The van der Waals surface area contributed by atoms with Crippen LogP contribution < -0.4 is 5.73 Å². The van der Waals surface area contributed by atoms with Gasteiger partial charge in [-0.1, -0.05) is 70.4 Å². The van der Waals surface area contributed by atoms with Crippen molar-refractivity contribution in [3.63, 3.8) is 0 Å². The SMILES string of the molecule is CCCCCCCC/C=C\CCCCCCCC(=O)C(OC)C(N)=O. The number of amides is 1. The molecule has 4 nitrogen and oxygen atoms in total. The summed E-state index contributed by atoms with van der Waals surface area (Å²) in [5, 5.41) is 0. The van der Waals surface area contributed by atoms with Gasteiger partial charge in [0.25, 0.3) is 5.91 Å². The lowest BCUT2D eigenvalue weighted by atomic mass is 10.0. The van der Waals surface area contributed by atoms with Gasteiger partial charge < -0.3 is 10.5 Å². The zero-order valence-electron chi connectivity index (χ0n) is 16.4. The average Bonchev–Trinajstić information content (AvgIpc) is 2.58. The maximum absolute atomic E-state index is 11.7. The van der Waals surface area contributed by atoms with Gasteiger partial charge in [0.2, 0.25) is 0 Å². The Kier molecular flexibility index (Phi) is 16.8. The zero-order valence-corrected chi connectivity index (χ0v) is 16.4. The number of ether oxygens (including phenoxy) is 1. The van der Waals surface area contributed by atoms with E-state index in [0.717, 1.165) is 25.7 Å². The maximum Gasteiger partial charge on any atom is 0.254 e. The van der Waals surface area contributed by atoms with E-state index in [2.05, 4.69) is 19.1 Å². The highest BCUT2D eigenvalue weighted by atomic mass is 16.5. The predicted molar refractivity (Wildman–Crippen MR) is 104 cm³/mol. The maximum atomic E-state index is 11.7. The fourth-order valence-corrected chi connectivity index (χ4v) is 2.91. The molecule has 2 N–H and O–H groups in total. The van der Waals surface area contributed by atoms with Crippen LogP contribution in [0.5, 0.6) is 0 Å². The van der Waals surface area contributed by atoms with E-state index in [1.807, 2.05) is 0 Å². The summed E-state index contributed by atoms with van der Waals surface area (Å²) in [5.41, 5.74) is 5.11. The first-order valence-electron chi connectivity index (χ1n) is 10.1. The number of rotatable bonds is 18. The van der Waals surface area contributed by atoms with E-state index in [4.69, 9.17) is 10.5 Å². The third kappa shape index (κ3) is 14.9. The number of nitrogens with two attached hydrogens (primary N) is 1. The number of allylic oxidation sites excluding steroid dienone is 2. The van der Waals surface area contributed by atoms with Crippen LogP contribution in [0.1, 0.15) is 96.8 Å². The van der Waals surface area contributed by atoms with E-state index in [0.29, 0.717) is 6.42 Å². The topological polar surface area (TPSA) is 69.4 Å². The largest absolute Gasteiger partial charge is 0.367 e. The van der Waals surface area contributed by atoms with Crippen molar-refractivity contribution in [3.8, 4) is 0 Å². The molecule has 0 aliphatic heterocycles. The molecule has 1 unspecified atom stereocenters. The number of methoxy groups -OCH3 is 1. The quantitative estimate of drug-likeness (QED) is 0.212. The Hall–Kier alpha value is -1.16. The lowest BCUT2D eigenvalue weighted by Gasteiger charge is -2.09. The van der Waals surface area contributed by atoms with Crippen LogP contribution in [0.2, 0.25) is 0 Å². The lowest BCUT2D eigenvalue weighted by molar-refractivity contribution is -0.140. The van der Waals surface area contributed by atoms with Crippen LogP contribution in [0.4, 0.5) is 0 Å². The molecule has 1 amide bonds. The Morgan fingerprint density at radius 2 is 1.32 bits per heavy atom. The predicted octanol–water partition coefficient (Wildman–Crippen LogP) is 5.09. The molecular weight excluding hydrogens is 314 g/mol. The van der Waals surface area contributed by atoms with E-state index >= 15 is 0 Å². The highest BCUT2D eigenvalue weighted by Crippen LogP contribution is 2.10. The zero-order chi connectivity index (χ0) is 18.8. The number of primary amides is 1. The lowest BCUT2D eigenvalue weighted by Crippen LogP contribution is -2.37. The smallest absolute Gasteiger partial charge is 0.254 e. The minimum atomic E-state index is -1.07. The van der Waals surface area contributed by atoms with Gasteiger partial charge in [0, 0.05) is 13.5 Å². The normalized spacial score (nSPS) is 12.6. The van der Waals surface area contributed by atoms with Gasteiger partial charge in [-0.25, -0.2) is 0 Å². The van der Waals surface area contributed by atoms with E-state index < -0.39 is 12.0 Å². The Labute approximate surface area is 154 Å². The number of carbonyl (C=O) groups is 2. The molecule has 0 saturated heterocycles. The molecule has 0 heterocycles. The van der Waals surface area contributed by atoms with Crippen LogP contribution in [0, 0.1) is 0 Å². The van der Waals surface area contributed by atoms with Crippen molar-refractivity contribution >= 4 is 11.7 Å². The molecule has 146 valence electrons. The van der Waals surface area contributed by atoms with Crippen molar-refractivity contribution in [2.75, 3.05) is 7.11 Å². The number of hydrogen-bond acceptors (Lipinski definition) is 3. The van der Waals surface area contributed by atoms with Crippen molar-refractivity contribution in [2.24, 2.45) is 5.73 Å². The Bertz CT molecular complexity index is 366. The number of carbonyl (C=O) groups excluding carboxylic acids is 2. The third-order valence-corrected chi connectivity index (χ3v) is 4.47. The van der Waals surface area contributed by atoms with Gasteiger partial charge in [0.1, 0.15) is 0 Å². The van der Waals surface area contributed by atoms with Crippen LogP contribution in [-0.2, 0) is 14.3 Å². The van der Waals surface area contributed by atoms with Gasteiger partial charge in [0.05, 0.1) is 0 Å². The van der Waals surface area contributed by atoms with Gasteiger partial charge in [0.15, 0.2) is 11.9 Å². The molecule has 4 heteroatoms. The van der Waals surface area contributed by atoms with Crippen molar-refractivity contribution in [3.05, 3.63) is 12.2 Å². The van der Waals surface area contributed by atoms with E-state index in [9.17, 15) is 9.59 Å². The molecule has 0 radical (unpaired) electrons. The first kappa shape index (κ1) is 23.8. The first-order chi connectivity index (χ1) is 12.1. The minimum Gasteiger partial charge on any atom is -0.367 e. The molecule has 0 aliphatic rings. The van der Waals surface area contributed by atoms with Crippen LogP contribution >= 0.6 is 0 Å². The standard InChI is InChI=1S/C21H39NO3/c1-3-4-5-6-7-8-9-10-11-12-13-14-15-16-17-18-19(23)20(25-2)21(22)24/h10-11,20H,3-9,12-18H2,1-2H3,(H2,22,24)/b11-10-. The Balaban J connectivity index is 3.37.